The van der Waals surface area contributed by atoms with Crippen molar-refractivity contribution in [3.63, 3.8) is 0 Å². The molecule has 1 fully saturated rings. The van der Waals surface area contributed by atoms with E-state index in [0.717, 1.165) is 59.5 Å². The third kappa shape index (κ3) is 12.2. The van der Waals surface area contributed by atoms with Gasteiger partial charge in [0.25, 0.3) is 0 Å². The Kier molecular flexibility index (Phi) is 17.3. The summed E-state index contributed by atoms with van der Waals surface area (Å²) in [5.41, 5.74) is 1.35. The average Bonchev–Trinajstić information content (AvgIpc) is 2.83. The van der Waals surface area contributed by atoms with Crippen molar-refractivity contribution < 1.29 is 9.47 Å². The molecule has 0 saturated carbocycles. The van der Waals surface area contributed by atoms with Crippen molar-refractivity contribution in [1.29, 1.82) is 10.5 Å². The Bertz CT molecular complexity index is 841. The molecule has 0 radical (unpaired) electrons. The third-order valence-electron chi connectivity index (χ3n) is 4.45. The molecule has 0 bridgehead atoms. The van der Waals surface area contributed by atoms with Gasteiger partial charge in [0.15, 0.2) is 0 Å². The predicted molar refractivity (Wildman–Crippen MR) is 135 cm³/mol. The van der Waals surface area contributed by atoms with E-state index in [1.807, 2.05) is 19.9 Å². The van der Waals surface area contributed by atoms with Gasteiger partial charge in [0.2, 0.25) is 0 Å². The van der Waals surface area contributed by atoms with Gasteiger partial charge in [0.05, 0.1) is 37.2 Å². The van der Waals surface area contributed by atoms with Crippen LogP contribution in [0.1, 0.15) is 43.0 Å². The zero-order valence-corrected chi connectivity index (χ0v) is 21.6. The molecule has 3 heterocycles. The van der Waals surface area contributed by atoms with Gasteiger partial charge in [-0.05, 0) is 26.7 Å². The SMILES string of the molecule is BrCCOCCBr.C.Cc1ncc(C2(C#N)CCOCC2)cn1.Cc1ncc(CC#N)cn1. The molecule has 0 spiro atoms. The third-order valence-corrected chi connectivity index (χ3v) is 5.10. The Hall–Kier alpha value is -1.98. The van der Waals surface area contributed by atoms with Crippen molar-refractivity contribution in [3.8, 4) is 12.1 Å². The van der Waals surface area contributed by atoms with Crippen LogP contribution in [0, 0.1) is 36.5 Å². The fourth-order valence-corrected chi connectivity index (χ4v) is 3.10. The lowest BCUT2D eigenvalue weighted by Gasteiger charge is -2.30. The van der Waals surface area contributed by atoms with E-state index >= 15 is 0 Å². The molecule has 0 aliphatic carbocycles. The highest BCUT2D eigenvalue weighted by atomic mass is 79.9. The number of ether oxygens (including phenoxy) is 2. The lowest BCUT2D eigenvalue weighted by molar-refractivity contribution is 0.0673. The first-order valence-corrected chi connectivity index (χ1v) is 12.4. The smallest absolute Gasteiger partial charge is 0.125 e. The van der Waals surface area contributed by atoms with Crippen LogP contribution in [0.5, 0.6) is 0 Å². The van der Waals surface area contributed by atoms with E-state index in [-0.39, 0.29) is 7.43 Å². The summed E-state index contributed by atoms with van der Waals surface area (Å²) < 4.78 is 10.3. The Labute approximate surface area is 214 Å². The molecule has 1 aliphatic heterocycles. The molecule has 0 N–H and O–H groups in total. The fraction of sp³-hybridized carbons (Fsp3) is 0.565. The van der Waals surface area contributed by atoms with Crippen LogP contribution in [0.3, 0.4) is 0 Å². The largest absolute Gasteiger partial charge is 0.381 e. The van der Waals surface area contributed by atoms with Gasteiger partial charge in [0.1, 0.15) is 11.6 Å². The number of hydrogen-bond acceptors (Lipinski definition) is 8. The van der Waals surface area contributed by atoms with E-state index in [1.54, 1.807) is 24.8 Å². The van der Waals surface area contributed by atoms with Crippen LogP contribution < -0.4 is 0 Å². The van der Waals surface area contributed by atoms with Gasteiger partial charge in [-0.25, -0.2) is 19.9 Å². The molecule has 0 amide bonds. The zero-order valence-electron chi connectivity index (χ0n) is 18.4. The topological polar surface area (TPSA) is 118 Å². The average molecular weight is 584 g/mol. The molecular formula is C23H32Br2N6O2. The van der Waals surface area contributed by atoms with Crippen molar-refractivity contribution in [2.45, 2.75) is 46.0 Å². The lowest BCUT2D eigenvalue weighted by atomic mass is 9.77. The Morgan fingerprint density at radius 3 is 1.85 bits per heavy atom. The number of nitriles is 2. The second-order valence-electron chi connectivity index (χ2n) is 6.79. The van der Waals surface area contributed by atoms with Gasteiger partial charge < -0.3 is 9.47 Å². The molecular weight excluding hydrogens is 552 g/mol. The minimum absolute atomic E-state index is 0. The Morgan fingerprint density at radius 2 is 1.42 bits per heavy atom. The number of rotatable bonds is 6. The minimum atomic E-state index is -0.439. The van der Waals surface area contributed by atoms with Crippen molar-refractivity contribution in [1.82, 2.24) is 19.9 Å². The highest BCUT2D eigenvalue weighted by Gasteiger charge is 2.35. The highest BCUT2D eigenvalue weighted by molar-refractivity contribution is 9.09. The molecule has 10 heteroatoms. The quantitative estimate of drug-likeness (QED) is 0.356. The van der Waals surface area contributed by atoms with Gasteiger partial charge >= 0.3 is 0 Å². The standard InChI is InChI=1S/C11H13N3O.C7H7N3.C4H8Br2O.CH4/c1-9-13-6-10(7-14-9)11(8-12)2-4-15-5-3-11;1-6-9-4-7(2-3-8)5-10-6;5-1-3-7-4-2-6;/h6-7H,2-5H2,1H3;4-5H,2H2,1H3;1-4H2;1H4. The van der Waals surface area contributed by atoms with Gasteiger partial charge in [0, 0.05) is 59.8 Å². The lowest BCUT2D eigenvalue weighted by Crippen LogP contribution is -2.32. The molecule has 1 saturated heterocycles. The Balaban J connectivity index is 0.000000497. The summed E-state index contributed by atoms with van der Waals surface area (Å²) >= 11 is 6.48. The minimum Gasteiger partial charge on any atom is -0.381 e. The van der Waals surface area contributed by atoms with Gasteiger partial charge in [-0.3, -0.25) is 0 Å². The zero-order chi connectivity index (χ0) is 23.7. The van der Waals surface area contributed by atoms with Crippen LogP contribution in [0.2, 0.25) is 0 Å². The number of aryl methyl sites for hydroxylation is 2. The summed E-state index contributed by atoms with van der Waals surface area (Å²) in [5, 5.41) is 19.4. The van der Waals surface area contributed by atoms with Gasteiger partial charge in [-0.15, -0.1) is 0 Å². The van der Waals surface area contributed by atoms with E-state index in [2.05, 4.69) is 57.9 Å². The number of halogens is 2. The van der Waals surface area contributed by atoms with Gasteiger partial charge in [-0.2, -0.15) is 10.5 Å². The molecule has 1 aliphatic rings. The summed E-state index contributed by atoms with van der Waals surface area (Å²) in [6, 6.07) is 4.42. The molecule has 0 atom stereocenters. The molecule has 3 rings (SSSR count). The first-order chi connectivity index (χ1) is 15.5. The second kappa shape index (κ2) is 18.4. The molecule has 2 aromatic rings. The van der Waals surface area contributed by atoms with Crippen molar-refractivity contribution >= 4 is 31.9 Å². The maximum absolute atomic E-state index is 9.30. The second-order valence-corrected chi connectivity index (χ2v) is 8.37. The summed E-state index contributed by atoms with van der Waals surface area (Å²) in [5.74, 6) is 1.47. The van der Waals surface area contributed by atoms with Crippen molar-refractivity contribution in [3.05, 3.63) is 47.6 Å². The van der Waals surface area contributed by atoms with Gasteiger partial charge in [-0.1, -0.05) is 39.3 Å². The van der Waals surface area contributed by atoms with Crippen LogP contribution in [-0.2, 0) is 21.3 Å². The molecule has 0 unspecified atom stereocenters. The maximum atomic E-state index is 9.30. The fourth-order valence-electron chi connectivity index (χ4n) is 2.64. The van der Waals surface area contributed by atoms with Crippen molar-refractivity contribution in [2.24, 2.45) is 0 Å². The number of nitrogens with zero attached hydrogens (tertiary/aromatic N) is 6. The highest BCUT2D eigenvalue weighted by Crippen LogP contribution is 2.33. The normalized spacial score (nSPS) is 13.5. The Morgan fingerprint density at radius 1 is 0.939 bits per heavy atom. The molecule has 2 aromatic heterocycles. The molecule has 180 valence electrons. The summed E-state index contributed by atoms with van der Waals surface area (Å²) in [4.78, 5) is 16.2. The van der Waals surface area contributed by atoms with Crippen LogP contribution in [0.15, 0.2) is 24.8 Å². The first kappa shape index (κ1) is 31.0. The first-order valence-electron chi connectivity index (χ1n) is 10.1. The van der Waals surface area contributed by atoms with E-state index in [9.17, 15) is 5.26 Å². The van der Waals surface area contributed by atoms with E-state index in [4.69, 9.17) is 14.7 Å². The number of hydrogen-bond donors (Lipinski definition) is 0. The van der Waals surface area contributed by atoms with Crippen LogP contribution in [0.25, 0.3) is 0 Å². The van der Waals surface area contributed by atoms with Crippen LogP contribution >= 0.6 is 31.9 Å². The van der Waals surface area contributed by atoms with E-state index in [1.165, 1.54) is 0 Å². The predicted octanol–water partition coefficient (Wildman–Crippen LogP) is 4.64. The van der Waals surface area contributed by atoms with Crippen LogP contribution in [-0.4, -0.2) is 57.0 Å². The van der Waals surface area contributed by atoms with E-state index < -0.39 is 5.41 Å². The monoisotopic (exact) mass is 582 g/mol. The summed E-state index contributed by atoms with van der Waals surface area (Å²) in [6.45, 7) is 6.56. The molecule has 33 heavy (non-hydrogen) atoms. The molecule has 8 nitrogen and oxygen atoms in total. The molecule has 0 aromatic carbocycles. The van der Waals surface area contributed by atoms with E-state index in [0.29, 0.717) is 19.6 Å². The number of aromatic nitrogens is 4. The van der Waals surface area contributed by atoms with Crippen LogP contribution in [0.4, 0.5) is 0 Å². The number of alkyl halides is 2. The summed E-state index contributed by atoms with van der Waals surface area (Å²) in [7, 11) is 0. The van der Waals surface area contributed by atoms with Crippen molar-refractivity contribution in [2.75, 3.05) is 37.1 Å². The summed E-state index contributed by atoms with van der Waals surface area (Å²) in [6.07, 6.45) is 8.72. The maximum Gasteiger partial charge on any atom is 0.125 e.